The second-order valence-electron chi connectivity index (χ2n) is 5.08. The van der Waals surface area contributed by atoms with Gasteiger partial charge in [-0.2, -0.15) is 0 Å². The molecule has 3 rings (SSSR count). The topological polar surface area (TPSA) is 65.8 Å². The summed E-state index contributed by atoms with van der Waals surface area (Å²) in [6, 6.07) is 7.43. The third-order valence-corrected chi connectivity index (χ3v) is 4.30. The minimum atomic E-state index is -0.306. The van der Waals surface area contributed by atoms with E-state index in [4.69, 9.17) is 4.42 Å². The van der Waals surface area contributed by atoms with E-state index in [9.17, 15) is 9.59 Å². The minimum Gasteiger partial charge on any atom is -0.468 e. The zero-order chi connectivity index (χ0) is 15.4. The molecule has 1 saturated heterocycles. The normalized spacial score (nSPS) is 14.6. The Morgan fingerprint density at radius 3 is 2.91 bits per heavy atom. The summed E-state index contributed by atoms with van der Waals surface area (Å²) in [4.78, 5) is 28.3. The van der Waals surface area contributed by atoms with E-state index in [1.807, 2.05) is 34.5 Å². The average molecular weight is 319 g/mol. The van der Waals surface area contributed by atoms with E-state index in [1.54, 1.807) is 17.6 Å². The number of amides is 3. The lowest BCUT2D eigenvalue weighted by Crippen LogP contribution is -2.41. The van der Waals surface area contributed by atoms with Gasteiger partial charge in [0, 0.05) is 24.5 Å². The molecule has 3 amide bonds. The van der Waals surface area contributed by atoms with Gasteiger partial charge in [-0.3, -0.25) is 14.6 Å². The zero-order valence-electron chi connectivity index (χ0n) is 12.0. The highest BCUT2D eigenvalue weighted by Crippen LogP contribution is 2.15. The van der Waals surface area contributed by atoms with E-state index in [2.05, 4.69) is 5.32 Å². The van der Waals surface area contributed by atoms with Gasteiger partial charge in [0.25, 0.3) is 0 Å². The first kappa shape index (κ1) is 14.8. The number of hydrogen-bond donors (Lipinski definition) is 1. The summed E-state index contributed by atoms with van der Waals surface area (Å²) >= 11 is 1.65. The molecule has 0 atom stereocenters. The fraction of sp³-hybridized carbons (Fsp3) is 0.333. The number of imide groups is 1. The van der Waals surface area contributed by atoms with E-state index < -0.39 is 0 Å². The lowest BCUT2D eigenvalue weighted by molar-refractivity contribution is -0.129. The Morgan fingerprint density at radius 2 is 2.27 bits per heavy atom. The van der Waals surface area contributed by atoms with Gasteiger partial charge in [-0.15, -0.1) is 11.3 Å². The van der Waals surface area contributed by atoms with Crippen LogP contribution in [0.25, 0.3) is 0 Å². The van der Waals surface area contributed by atoms with Crippen LogP contribution in [0.15, 0.2) is 40.3 Å². The van der Waals surface area contributed by atoms with Crippen molar-refractivity contribution in [3.8, 4) is 0 Å². The molecule has 1 N–H and O–H groups in total. The Balaban J connectivity index is 1.67. The number of urea groups is 1. The monoisotopic (exact) mass is 319 g/mol. The van der Waals surface area contributed by atoms with Crippen LogP contribution in [0.4, 0.5) is 4.79 Å². The van der Waals surface area contributed by atoms with Crippen molar-refractivity contribution in [2.75, 3.05) is 19.6 Å². The molecule has 2 aromatic heterocycles. The highest BCUT2D eigenvalue weighted by molar-refractivity contribution is 7.09. The van der Waals surface area contributed by atoms with Crippen molar-refractivity contribution < 1.29 is 14.0 Å². The van der Waals surface area contributed by atoms with Crippen LogP contribution < -0.4 is 5.32 Å². The molecule has 3 heterocycles. The summed E-state index contributed by atoms with van der Waals surface area (Å²) in [5.41, 5.74) is 0. The molecule has 1 fully saturated rings. The van der Waals surface area contributed by atoms with Crippen molar-refractivity contribution in [2.45, 2.75) is 13.1 Å². The summed E-state index contributed by atoms with van der Waals surface area (Å²) in [5, 5.41) is 4.66. The van der Waals surface area contributed by atoms with Crippen molar-refractivity contribution in [3.05, 3.63) is 46.5 Å². The highest BCUT2D eigenvalue weighted by Gasteiger charge is 2.27. The van der Waals surface area contributed by atoms with Crippen molar-refractivity contribution >= 4 is 23.3 Å². The van der Waals surface area contributed by atoms with Crippen molar-refractivity contribution in [3.63, 3.8) is 0 Å². The number of thiophene rings is 1. The van der Waals surface area contributed by atoms with Gasteiger partial charge in [-0.1, -0.05) is 6.07 Å². The number of carbonyl (C=O) groups excluding carboxylic acids is 2. The molecule has 1 aliphatic rings. The molecule has 2 aromatic rings. The third-order valence-electron chi connectivity index (χ3n) is 3.44. The Hall–Kier alpha value is -2.12. The minimum absolute atomic E-state index is 0.182. The molecule has 0 spiro atoms. The first-order valence-corrected chi connectivity index (χ1v) is 7.95. The number of hydrogen-bond acceptors (Lipinski definition) is 5. The van der Waals surface area contributed by atoms with Crippen molar-refractivity contribution in [1.82, 2.24) is 15.1 Å². The highest BCUT2D eigenvalue weighted by atomic mass is 32.1. The van der Waals surface area contributed by atoms with Crippen LogP contribution >= 0.6 is 11.3 Å². The molecule has 0 aliphatic carbocycles. The molecule has 7 heteroatoms. The first-order valence-electron chi connectivity index (χ1n) is 7.07. The van der Waals surface area contributed by atoms with Gasteiger partial charge in [0.05, 0.1) is 19.4 Å². The van der Waals surface area contributed by atoms with Crippen LogP contribution in [-0.4, -0.2) is 41.4 Å². The fourth-order valence-corrected chi connectivity index (χ4v) is 3.15. The summed E-state index contributed by atoms with van der Waals surface area (Å²) in [7, 11) is 0. The molecule has 116 valence electrons. The molecular weight excluding hydrogens is 302 g/mol. The average Bonchev–Trinajstić information content (AvgIpc) is 3.21. The second kappa shape index (κ2) is 6.76. The summed E-state index contributed by atoms with van der Waals surface area (Å²) < 4.78 is 5.37. The van der Waals surface area contributed by atoms with Gasteiger partial charge < -0.3 is 9.73 Å². The number of nitrogens with one attached hydrogen (secondary N) is 1. The van der Waals surface area contributed by atoms with E-state index in [0.717, 1.165) is 5.76 Å². The standard InChI is InChI=1S/C15H17N3O3S/c19-14(18-6-5-16-15(18)20)11-17(9-12-3-1-7-21-12)10-13-4-2-8-22-13/h1-4,7-8H,5-6,9-11H2,(H,16,20). The Labute approximate surface area is 132 Å². The summed E-state index contributed by atoms with van der Waals surface area (Å²) in [5.74, 6) is 0.619. The van der Waals surface area contributed by atoms with E-state index in [1.165, 1.54) is 9.78 Å². The van der Waals surface area contributed by atoms with Crippen LogP contribution in [-0.2, 0) is 17.9 Å². The van der Waals surface area contributed by atoms with Crippen LogP contribution in [0.2, 0.25) is 0 Å². The smallest absolute Gasteiger partial charge is 0.324 e. The Kier molecular flexibility index (Phi) is 4.55. The molecule has 0 bridgehead atoms. The number of rotatable bonds is 6. The van der Waals surface area contributed by atoms with Gasteiger partial charge >= 0.3 is 6.03 Å². The van der Waals surface area contributed by atoms with Crippen LogP contribution in [0.1, 0.15) is 10.6 Å². The maximum atomic E-state index is 12.3. The molecular formula is C15H17N3O3S. The third kappa shape index (κ3) is 3.55. The Bertz CT molecular complexity index is 588. The van der Waals surface area contributed by atoms with Crippen LogP contribution in [0.3, 0.4) is 0 Å². The van der Waals surface area contributed by atoms with E-state index >= 15 is 0 Å². The van der Waals surface area contributed by atoms with Crippen LogP contribution in [0, 0.1) is 0 Å². The van der Waals surface area contributed by atoms with E-state index in [0.29, 0.717) is 26.2 Å². The van der Waals surface area contributed by atoms with Crippen LogP contribution in [0.5, 0.6) is 0 Å². The SMILES string of the molecule is O=C(CN(Cc1ccco1)Cc1cccs1)N1CCNC1=O. The zero-order valence-corrected chi connectivity index (χ0v) is 12.8. The maximum Gasteiger partial charge on any atom is 0.324 e. The lowest BCUT2D eigenvalue weighted by Gasteiger charge is -2.22. The molecule has 0 radical (unpaired) electrons. The van der Waals surface area contributed by atoms with Crippen molar-refractivity contribution in [2.24, 2.45) is 0 Å². The first-order chi connectivity index (χ1) is 10.7. The number of furan rings is 1. The lowest BCUT2D eigenvalue weighted by atomic mass is 10.3. The second-order valence-corrected chi connectivity index (χ2v) is 6.11. The van der Waals surface area contributed by atoms with Gasteiger partial charge in [0.1, 0.15) is 5.76 Å². The summed E-state index contributed by atoms with van der Waals surface area (Å²) in [6.45, 7) is 2.33. The predicted molar refractivity (Wildman–Crippen MR) is 82.3 cm³/mol. The predicted octanol–water partition coefficient (Wildman–Crippen LogP) is 1.90. The van der Waals surface area contributed by atoms with Gasteiger partial charge in [0.15, 0.2) is 0 Å². The van der Waals surface area contributed by atoms with E-state index in [-0.39, 0.29) is 18.5 Å². The molecule has 1 aliphatic heterocycles. The molecule has 22 heavy (non-hydrogen) atoms. The Morgan fingerprint density at radius 1 is 1.36 bits per heavy atom. The largest absolute Gasteiger partial charge is 0.468 e. The van der Waals surface area contributed by atoms with Gasteiger partial charge in [0.2, 0.25) is 5.91 Å². The molecule has 0 unspecified atom stereocenters. The molecule has 0 saturated carbocycles. The van der Waals surface area contributed by atoms with Crippen molar-refractivity contribution in [1.29, 1.82) is 0 Å². The molecule has 0 aromatic carbocycles. The van der Waals surface area contributed by atoms with Gasteiger partial charge in [-0.05, 0) is 23.6 Å². The van der Waals surface area contributed by atoms with Gasteiger partial charge in [-0.25, -0.2) is 4.79 Å². The molecule has 6 nitrogen and oxygen atoms in total. The maximum absolute atomic E-state index is 12.3. The fourth-order valence-electron chi connectivity index (χ4n) is 2.40. The number of carbonyl (C=O) groups is 2. The number of nitrogens with zero attached hydrogens (tertiary/aromatic N) is 2. The summed E-state index contributed by atoms with van der Waals surface area (Å²) in [6.07, 6.45) is 1.62. The quantitative estimate of drug-likeness (QED) is 0.883.